The first kappa shape index (κ1) is 14.3. The van der Waals surface area contributed by atoms with Gasteiger partial charge in [0.2, 0.25) is 0 Å². The summed E-state index contributed by atoms with van der Waals surface area (Å²) in [6.07, 6.45) is 0. The molecule has 1 heterocycles. The summed E-state index contributed by atoms with van der Waals surface area (Å²) in [6, 6.07) is 4.92. The van der Waals surface area contributed by atoms with Gasteiger partial charge in [-0.15, -0.1) is 0 Å². The fraction of sp³-hybridized carbons (Fsp3) is 0.462. The molecule has 0 spiro atoms. The predicted molar refractivity (Wildman–Crippen MR) is 74.8 cm³/mol. The van der Waals surface area contributed by atoms with Gasteiger partial charge < -0.3 is 14.5 Å². The van der Waals surface area contributed by atoms with Gasteiger partial charge >= 0.3 is 0 Å². The zero-order valence-corrected chi connectivity index (χ0v) is 11.6. The number of hydrogen-bond acceptors (Lipinski definition) is 6. The summed E-state index contributed by atoms with van der Waals surface area (Å²) in [7, 11) is 1.62. The van der Waals surface area contributed by atoms with Crippen molar-refractivity contribution in [1.29, 1.82) is 0 Å². The molecule has 20 heavy (non-hydrogen) atoms. The lowest BCUT2D eigenvalue weighted by molar-refractivity contribution is -0.383. The highest BCUT2D eigenvalue weighted by Gasteiger charge is 2.20. The van der Waals surface area contributed by atoms with Gasteiger partial charge in [-0.2, -0.15) is 4.98 Å². The van der Waals surface area contributed by atoms with E-state index >= 15 is 0 Å². The second-order valence-corrected chi connectivity index (χ2v) is 4.85. The first-order valence-corrected chi connectivity index (χ1v) is 6.32. The van der Waals surface area contributed by atoms with Gasteiger partial charge in [0.1, 0.15) is 0 Å². The molecule has 0 saturated heterocycles. The van der Waals surface area contributed by atoms with Crippen LogP contribution in [-0.2, 0) is 4.74 Å². The molecule has 1 unspecified atom stereocenters. The number of nitrogens with zero attached hydrogens (tertiary/aromatic N) is 2. The standard InChI is InChI=1S/C13H17N3O4/c1-8(2)9(7-19-3)14-13-15-12-10(16(17)18)5-4-6-11(12)20-13/h4-6,8-9H,7H2,1-3H3,(H,14,15). The lowest BCUT2D eigenvalue weighted by atomic mass is 10.1. The van der Waals surface area contributed by atoms with Crippen molar-refractivity contribution in [1.82, 2.24) is 4.98 Å². The maximum Gasteiger partial charge on any atom is 0.298 e. The highest BCUT2D eigenvalue weighted by atomic mass is 16.6. The second kappa shape index (κ2) is 5.87. The molecule has 2 rings (SSSR count). The van der Waals surface area contributed by atoms with Crippen LogP contribution in [0.15, 0.2) is 22.6 Å². The minimum atomic E-state index is -0.469. The fourth-order valence-electron chi connectivity index (χ4n) is 1.88. The third kappa shape index (κ3) is 2.88. The maximum absolute atomic E-state index is 10.9. The topological polar surface area (TPSA) is 90.4 Å². The molecular formula is C13H17N3O4. The molecule has 2 aromatic rings. The molecule has 0 saturated carbocycles. The molecule has 1 atom stereocenters. The van der Waals surface area contributed by atoms with E-state index in [4.69, 9.17) is 9.15 Å². The van der Waals surface area contributed by atoms with Gasteiger partial charge in [0.05, 0.1) is 17.6 Å². The van der Waals surface area contributed by atoms with E-state index in [1.54, 1.807) is 19.2 Å². The molecule has 0 aliphatic heterocycles. The Kier molecular flexibility index (Phi) is 4.19. The molecule has 0 amide bonds. The number of oxazole rings is 1. The minimum Gasteiger partial charge on any atom is -0.423 e. The Morgan fingerprint density at radius 2 is 2.25 bits per heavy atom. The highest BCUT2D eigenvalue weighted by Crippen LogP contribution is 2.27. The maximum atomic E-state index is 10.9. The van der Waals surface area contributed by atoms with Crippen LogP contribution < -0.4 is 5.32 Å². The molecule has 0 radical (unpaired) electrons. The average molecular weight is 279 g/mol. The van der Waals surface area contributed by atoms with E-state index in [2.05, 4.69) is 10.3 Å². The van der Waals surface area contributed by atoms with E-state index in [0.29, 0.717) is 18.1 Å². The van der Waals surface area contributed by atoms with Gasteiger partial charge in [-0.25, -0.2) is 0 Å². The van der Waals surface area contributed by atoms with Gasteiger partial charge in [0, 0.05) is 13.2 Å². The van der Waals surface area contributed by atoms with Crippen LogP contribution in [0.2, 0.25) is 0 Å². The van der Waals surface area contributed by atoms with Gasteiger partial charge in [-0.1, -0.05) is 19.9 Å². The molecular weight excluding hydrogens is 262 g/mol. The fourth-order valence-corrected chi connectivity index (χ4v) is 1.88. The van der Waals surface area contributed by atoms with E-state index in [1.165, 1.54) is 6.07 Å². The molecule has 1 aromatic heterocycles. The summed E-state index contributed by atoms with van der Waals surface area (Å²) in [6.45, 7) is 4.59. The number of benzene rings is 1. The van der Waals surface area contributed by atoms with Crippen LogP contribution in [0.25, 0.3) is 11.1 Å². The molecule has 108 valence electrons. The summed E-state index contributed by atoms with van der Waals surface area (Å²) < 4.78 is 10.6. The van der Waals surface area contributed by atoms with E-state index < -0.39 is 4.92 Å². The van der Waals surface area contributed by atoms with Crippen LogP contribution in [0.4, 0.5) is 11.7 Å². The third-order valence-corrected chi connectivity index (χ3v) is 3.05. The summed E-state index contributed by atoms with van der Waals surface area (Å²) >= 11 is 0. The number of para-hydroxylation sites is 1. The van der Waals surface area contributed by atoms with Crippen molar-refractivity contribution in [2.75, 3.05) is 19.0 Å². The van der Waals surface area contributed by atoms with Crippen LogP contribution >= 0.6 is 0 Å². The Balaban J connectivity index is 2.32. The Morgan fingerprint density at radius 3 is 2.85 bits per heavy atom. The average Bonchev–Trinajstić information content (AvgIpc) is 2.79. The number of anilines is 1. The second-order valence-electron chi connectivity index (χ2n) is 4.85. The van der Waals surface area contributed by atoms with Crippen molar-refractivity contribution in [2.45, 2.75) is 19.9 Å². The van der Waals surface area contributed by atoms with Crippen molar-refractivity contribution in [3.63, 3.8) is 0 Å². The summed E-state index contributed by atoms with van der Waals surface area (Å²) in [5.74, 6) is 0.306. The minimum absolute atomic E-state index is 0.0205. The quantitative estimate of drug-likeness (QED) is 0.646. The third-order valence-electron chi connectivity index (χ3n) is 3.05. The van der Waals surface area contributed by atoms with E-state index in [-0.39, 0.29) is 23.3 Å². The monoisotopic (exact) mass is 279 g/mol. The normalized spacial score (nSPS) is 12.8. The van der Waals surface area contributed by atoms with Crippen LogP contribution in [-0.4, -0.2) is 29.7 Å². The van der Waals surface area contributed by atoms with Crippen LogP contribution in [0.1, 0.15) is 13.8 Å². The number of nitro groups is 1. The molecule has 7 heteroatoms. The van der Waals surface area contributed by atoms with Crippen molar-refractivity contribution in [3.8, 4) is 0 Å². The SMILES string of the molecule is COCC(Nc1nc2c([N+](=O)[O-])cccc2o1)C(C)C. The molecule has 0 bridgehead atoms. The number of fused-ring (bicyclic) bond motifs is 1. The molecule has 1 aromatic carbocycles. The van der Waals surface area contributed by atoms with E-state index in [9.17, 15) is 10.1 Å². The van der Waals surface area contributed by atoms with Crippen LogP contribution in [0, 0.1) is 16.0 Å². The molecule has 0 aliphatic carbocycles. The first-order chi connectivity index (χ1) is 9.52. The number of rotatable bonds is 6. The number of hydrogen-bond donors (Lipinski definition) is 1. The first-order valence-electron chi connectivity index (χ1n) is 6.32. The zero-order valence-electron chi connectivity index (χ0n) is 11.6. The Morgan fingerprint density at radius 1 is 1.50 bits per heavy atom. The number of non-ortho nitro benzene ring substituents is 1. The van der Waals surface area contributed by atoms with Crippen molar-refractivity contribution in [2.24, 2.45) is 5.92 Å². The molecule has 0 aliphatic rings. The number of ether oxygens (including phenoxy) is 1. The number of methoxy groups -OCH3 is 1. The summed E-state index contributed by atoms with van der Waals surface area (Å²) in [5.41, 5.74) is 0.577. The molecule has 7 nitrogen and oxygen atoms in total. The van der Waals surface area contributed by atoms with Crippen molar-refractivity contribution < 1.29 is 14.1 Å². The van der Waals surface area contributed by atoms with E-state index in [0.717, 1.165) is 0 Å². The van der Waals surface area contributed by atoms with E-state index in [1.807, 2.05) is 13.8 Å². The summed E-state index contributed by atoms with van der Waals surface area (Å²) in [4.78, 5) is 14.6. The number of aromatic nitrogens is 1. The predicted octanol–water partition coefficient (Wildman–Crippen LogP) is 2.82. The Hall–Kier alpha value is -2.15. The van der Waals surface area contributed by atoms with Gasteiger partial charge in [0.25, 0.3) is 11.7 Å². The highest BCUT2D eigenvalue weighted by molar-refractivity contribution is 5.84. The Labute approximate surface area is 116 Å². The number of nitro benzene ring substituents is 1. The van der Waals surface area contributed by atoms with Gasteiger partial charge in [0.15, 0.2) is 11.1 Å². The van der Waals surface area contributed by atoms with Crippen molar-refractivity contribution >= 4 is 22.8 Å². The van der Waals surface area contributed by atoms with Crippen molar-refractivity contribution in [3.05, 3.63) is 28.3 Å². The summed E-state index contributed by atoms with van der Waals surface area (Å²) in [5, 5.41) is 14.1. The number of nitrogens with one attached hydrogen (secondary N) is 1. The lowest BCUT2D eigenvalue weighted by Crippen LogP contribution is -2.30. The van der Waals surface area contributed by atoms with Crippen LogP contribution in [0.5, 0.6) is 0 Å². The largest absolute Gasteiger partial charge is 0.423 e. The molecule has 1 N–H and O–H groups in total. The van der Waals surface area contributed by atoms with Crippen LogP contribution in [0.3, 0.4) is 0 Å². The van der Waals surface area contributed by atoms with Gasteiger partial charge in [-0.05, 0) is 12.0 Å². The lowest BCUT2D eigenvalue weighted by Gasteiger charge is -2.19. The zero-order chi connectivity index (χ0) is 14.7. The Bertz CT molecular complexity index is 609. The van der Waals surface area contributed by atoms with Gasteiger partial charge in [-0.3, -0.25) is 10.1 Å². The smallest absolute Gasteiger partial charge is 0.298 e. The molecule has 0 fully saturated rings.